The van der Waals surface area contributed by atoms with Crippen LogP contribution < -0.4 is 19.7 Å². The summed E-state index contributed by atoms with van der Waals surface area (Å²) in [6.07, 6.45) is 3.41. The van der Waals surface area contributed by atoms with Gasteiger partial charge in [0, 0.05) is 44.3 Å². The van der Waals surface area contributed by atoms with Crippen LogP contribution in [-0.4, -0.2) is 61.3 Å². The molecule has 3 heterocycles. The van der Waals surface area contributed by atoms with Crippen LogP contribution in [0.5, 0.6) is 11.5 Å². The van der Waals surface area contributed by atoms with E-state index in [1.54, 1.807) is 12.4 Å². The maximum Gasteiger partial charge on any atom is 0.317 e. The Morgan fingerprint density at radius 2 is 1.81 bits per heavy atom. The number of hydrogen-bond donors (Lipinski definition) is 1. The maximum absolute atomic E-state index is 12.4. The lowest BCUT2D eigenvalue weighted by Gasteiger charge is -2.36. The standard InChI is InChI=1S/C19H22N4O3/c24-19(21-13-16-14-25-17-3-1-2-4-18(17)26-16)23-11-9-22(10-12-23)15-5-7-20-8-6-15/h1-8,16H,9-14H2,(H,21,24). The number of amides is 2. The van der Waals surface area contributed by atoms with Gasteiger partial charge >= 0.3 is 6.03 Å². The predicted molar refractivity (Wildman–Crippen MR) is 97.8 cm³/mol. The van der Waals surface area contributed by atoms with Crippen molar-refractivity contribution in [1.82, 2.24) is 15.2 Å². The van der Waals surface area contributed by atoms with Gasteiger partial charge in [-0.15, -0.1) is 0 Å². The highest BCUT2D eigenvalue weighted by Gasteiger charge is 2.24. The van der Waals surface area contributed by atoms with Crippen molar-refractivity contribution in [1.29, 1.82) is 0 Å². The van der Waals surface area contributed by atoms with Crippen LogP contribution in [0.1, 0.15) is 0 Å². The summed E-state index contributed by atoms with van der Waals surface area (Å²) in [4.78, 5) is 20.6. The van der Waals surface area contributed by atoms with Crippen molar-refractivity contribution in [3.63, 3.8) is 0 Å². The molecule has 0 spiro atoms. The van der Waals surface area contributed by atoms with E-state index in [-0.39, 0.29) is 12.1 Å². The molecule has 2 amide bonds. The first-order chi connectivity index (χ1) is 12.8. The molecule has 0 aliphatic carbocycles. The van der Waals surface area contributed by atoms with Crippen molar-refractivity contribution in [2.45, 2.75) is 6.10 Å². The zero-order valence-corrected chi connectivity index (χ0v) is 14.5. The van der Waals surface area contributed by atoms with Crippen LogP contribution >= 0.6 is 0 Å². The monoisotopic (exact) mass is 354 g/mol. The molecule has 136 valence electrons. The summed E-state index contributed by atoms with van der Waals surface area (Å²) in [6.45, 7) is 3.88. The molecule has 1 atom stereocenters. The fourth-order valence-corrected chi connectivity index (χ4v) is 3.20. The van der Waals surface area contributed by atoms with Crippen LogP contribution in [-0.2, 0) is 0 Å². The number of nitrogens with one attached hydrogen (secondary N) is 1. The maximum atomic E-state index is 12.4. The number of rotatable bonds is 3. The molecule has 1 fully saturated rings. The van der Waals surface area contributed by atoms with Gasteiger partial charge in [-0.3, -0.25) is 4.98 Å². The summed E-state index contributed by atoms with van der Waals surface area (Å²) in [5, 5.41) is 2.96. The van der Waals surface area contributed by atoms with E-state index in [0.29, 0.717) is 26.2 Å². The van der Waals surface area contributed by atoms with E-state index in [0.717, 1.165) is 30.3 Å². The highest BCUT2D eigenvalue weighted by atomic mass is 16.6. The molecule has 2 aliphatic rings. The first-order valence-electron chi connectivity index (χ1n) is 8.86. The highest BCUT2D eigenvalue weighted by Crippen LogP contribution is 2.30. The Labute approximate surface area is 152 Å². The summed E-state index contributed by atoms with van der Waals surface area (Å²) in [6, 6.07) is 11.5. The van der Waals surface area contributed by atoms with E-state index in [9.17, 15) is 4.79 Å². The van der Waals surface area contributed by atoms with Crippen LogP contribution in [0, 0.1) is 0 Å². The Morgan fingerprint density at radius 3 is 2.58 bits per heavy atom. The van der Waals surface area contributed by atoms with E-state index < -0.39 is 0 Å². The molecule has 1 aromatic heterocycles. The van der Waals surface area contributed by atoms with Crippen molar-refractivity contribution in [2.75, 3.05) is 44.2 Å². The molecule has 2 aliphatic heterocycles. The summed E-state index contributed by atoms with van der Waals surface area (Å²) < 4.78 is 11.5. The summed E-state index contributed by atoms with van der Waals surface area (Å²) >= 11 is 0. The molecule has 1 unspecified atom stereocenters. The normalized spacial score (nSPS) is 19.2. The number of carbonyl (C=O) groups is 1. The van der Waals surface area contributed by atoms with Gasteiger partial charge in [-0.25, -0.2) is 4.79 Å². The average molecular weight is 354 g/mol. The van der Waals surface area contributed by atoms with Crippen molar-refractivity contribution >= 4 is 11.7 Å². The number of para-hydroxylation sites is 2. The minimum Gasteiger partial charge on any atom is -0.486 e. The van der Waals surface area contributed by atoms with Crippen LogP contribution in [0.2, 0.25) is 0 Å². The van der Waals surface area contributed by atoms with Crippen molar-refractivity contribution in [3.8, 4) is 11.5 Å². The van der Waals surface area contributed by atoms with E-state index >= 15 is 0 Å². The third-order valence-corrected chi connectivity index (χ3v) is 4.64. The number of hydrogen-bond acceptors (Lipinski definition) is 5. The van der Waals surface area contributed by atoms with Gasteiger partial charge < -0.3 is 24.6 Å². The molecular formula is C19H22N4O3. The minimum absolute atomic E-state index is 0.0539. The molecule has 1 aromatic carbocycles. The predicted octanol–water partition coefficient (Wildman–Crippen LogP) is 1.75. The zero-order chi connectivity index (χ0) is 17.8. The SMILES string of the molecule is O=C(NCC1COc2ccccc2O1)N1CCN(c2ccncc2)CC1. The Balaban J connectivity index is 1.24. The van der Waals surface area contributed by atoms with Crippen LogP contribution in [0.15, 0.2) is 48.8 Å². The third kappa shape index (κ3) is 3.66. The molecule has 0 radical (unpaired) electrons. The van der Waals surface area contributed by atoms with E-state index in [4.69, 9.17) is 9.47 Å². The lowest BCUT2D eigenvalue weighted by atomic mass is 10.2. The molecule has 1 N–H and O–H groups in total. The third-order valence-electron chi connectivity index (χ3n) is 4.64. The van der Waals surface area contributed by atoms with Crippen molar-refractivity contribution in [2.24, 2.45) is 0 Å². The second-order valence-corrected chi connectivity index (χ2v) is 6.36. The highest BCUT2D eigenvalue weighted by molar-refractivity contribution is 5.74. The number of urea groups is 1. The molecule has 2 aromatic rings. The minimum atomic E-state index is -0.174. The average Bonchev–Trinajstić information content (AvgIpc) is 2.72. The Bertz CT molecular complexity index is 747. The number of carbonyl (C=O) groups excluding carboxylic acids is 1. The second-order valence-electron chi connectivity index (χ2n) is 6.36. The van der Waals surface area contributed by atoms with Gasteiger partial charge in [0.05, 0.1) is 6.54 Å². The largest absolute Gasteiger partial charge is 0.486 e. The topological polar surface area (TPSA) is 66.9 Å². The van der Waals surface area contributed by atoms with Gasteiger partial charge in [-0.05, 0) is 24.3 Å². The van der Waals surface area contributed by atoms with Crippen LogP contribution in [0.3, 0.4) is 0 Å². The first kappa shape index (κ1) is 16.5. The molecule has 7 heteroatoms. The first-order valence-corrected chi connectivity index (χ1v) is 8.86. The number of fused-ring (bicyclic) bond motifs is 1. The number of piperazine rings is 1. The fraction of sp³-hybridized carbons (Fsp3) is 0.368. The van der Waals surface area contributed by atoms with Gasteiger partial charge in [-0.1, -0.05) is 12.1 Å². The van der Waals surface area contributed by atoms with Crippen LogP contribution in [0.25, 0.3) is 0 Å². The van der Waals surface area contributed by atoms with E-state index in [2.05, 4.69) is 15.2 Å². The summed E-state index contributed by atoms with van der Waals surface area (Å²) in [7, 11) is 0. The summed E-state index contributed by atoms with van der Waals surface area (Å²) in [5.41, 5.74) is 1.14. The number of benzene rings is 1. The molecular weight excluding hydrogens is 332 g/mol. The number of anilines is 1. The van der Waals surface area contributed by atoms with Crippen molar-refractivity contribution < 1.29 is 14.3 Å². The number of aromatic nitrogens is 1. The Kier molecular flexibility index (Phi) is 4.77. The van der Waals surface area contributed by atoms with Gasteiger partial charge in [0.2, 0.25) is 0 Å². The van der Waals surface area contributed by atoms with Gasteiger partial charge in [0.25, 0.3) is 0 Å². The molecule has 7 nitrogen and oxygen atoms in total. The number of ether oxygens (including phenoxy) is 2. The lowest BCUT2D eigenvalue weighted by Crippen LogP contribution is -2.53. The quantitative estimate of drug-likeness (QED) is 0.910. The van der Waals surface area contributed by atoms with E-state index in [1.807, 2.05) is 41.3 Å². The lowest BCUT2D eigenvalue weighted by molar-refractivity contribution is 0.0900. The van der Waals surface area contributed by atoms with Crippen molar-refractivity contribution in [3.05, 3.63) is 48.8 Å². The summed E-state index contributed by atoms with van der Waals surface area (Å²) in [5.74, 6) is 1.48. The zero-order valence-electron chi connectivity index (χ0n) is 14.5. The molecule has 0 saturated carbocycles. The Morgan fingerprint density at radius 1 is 1.08 bits per heavy atom. The molecule has 4 rings (SSSR count). The molecule has 0 bridgehead atoms. The Hall–Kier alpha value is -2.96. The smallest absolute Gasteiger partial charge is 0.317 e. The van der Waals surface area contributed by atoms with Gasteiger partial charge in [0.1, 0.15) is 6.61 Å². The second kappa shape index (κ2) is 7.51. The molecule has 1 saturated heterocycles. The number of nitrogens with zero attached hydrogens (tertiary/aromatic N) is 3. The fourth-order valence-electron chi connectivity index (χ4n) is 3.20. The van der Waals surface area contributed by atoms with Crippen LogP contribution in [0.4, 0.5) is 10.5 Å². The van der Waals surface area contributed by atoms with Gasteiger partial charge in [0.15, 0.2) is 17.6 Å². The van der Waals surface area contributed by atoms with Gasteiger partial charge in [-0.2, -0.15) is 0 Å². The van der Waals surface area contributed by atoms with E-state index in [1.165, 1.54) is 0 Å². The number of pyridine rings is 1. The molecule has 26 heavy (non-hydrogen) atoms.